The lowest BCUT2D eigenvalue weighted by Gasteiger charge is -2.08. The third-order valence-corrected chi connectivity index (χ3v) is 3.48. The fourth-order valence-electron chi connectivity index (χ4n) is 0.988. The SMILES string of the molecule is CCNS(=O)(=O)Nc1ccc(Br)c(N)c1. The molecule has 4 N–H and O–H groups in total. The van der Waals surface area contributed by atoms with Crippen molar-refractivity contribution in [3.05, 3.63) is 22.7 Å². The van der Waals surface area contributed by atoms with Crippen molar-refractivity contribution in [2.24, 2.45) is 0 Å². The molecule has 1 aromatic carbocycles. The summed E-state index contributed by atoms with van der Waals surface area (Å²) in [6, 6.07) is 4.84. The predicted octanol–water partition coefficient (Wildman–Crippen LogP) is 1.30. The summed E-state index contributed by atoms with van der Waals surface area (Å²) < 4.78 is 28.0. The van der Waals surface area contributed by atoms with Gasteiger partial charge >= 0.3 is 0 Å². The molecule has 0 aliphatic heterocycles. The summed E-state index contributed by atoms with van der Waals surface area (Å²) in [4.78, 5) is 0. The number of anilines is 2. The number of nitrogen functional groups attached to an aromatic ring is 1. The highest BCUT2D eigenvalue weighted by Crippen LogP contribution is 2.23. The van der Waals surface area contributed by atoms with Gasteiger partial charge in [-0.3, -0.25) is 4.72 Å². The summed E-state index contributed by atoms with van der Waals surface area (Å²) in [5.41, 5.74) is 6.52. The molecule has 84 valence electrons. The van der Waals surface area contributed by atoms with Crippen LogP contribution in [0.1, 0.15) is 6.92 Å². The summed E-state index contributed by atoms with van der Waals surface area (Å²) in [6.07, 6.45) is 0. The zero-order valence-electron chi connectivity index (χ0n) is 8.12. The molecule has 0 spiro atoms. The van der Waals surface area contributed by atoms with Crippen molar-refractivity contribution in [2.45, 2.75) is 6.92 Å². The highest BCUT2D eigenvalue weighted by molar-refractivity contribution is 9.10. The normalized spacial score (nSPS) is 11.3. The Morgan fingerprint density at radius 1 is 1.47 bits per heavy atom. The summed E-state index contributed by atoms with van der Waals surface area (Å²) >= 11 is 3.22. The van der Waals surface area contributed by atoms with Gasteiger partial charge in [0.1, 0.15) is 0 Å². The van der Waals surface area contributed by atoms with Gasteiger partial charge in [-0.2, -0.15) is 13.1 Å². The van der Waals surface area contributed by atoms with Crippen molar-refractivity contribution in [1.82, 2.24) is 4.72 Å². The van der Waals surface area contributed by atoms with Crippen LogP contribution in [-0.2, 0) is 10.2 Å². The van der Waals surface area contributed by atoms with Crippen molar-refractivity contribution in [3.63, 3.8) is 0 Å². The van der Waals surface area contributed by atoms with Crippen molar-refractivity contribution in [3.8, 4) is 0 Å². The lowest BCUT2D eigenvalue weighted by Crippen LogP contribution is -2.29. The van der Waals surface area contributed by atoms with Crippen LogP contribution < -0.4 is 15.2 Å². The smallest absolute Gasteiger partial charge is 0.299 e. The molecule has 0 aliphatic rings. The fourth-order valence-corrected chi connectivity index (χ4v) is 2.12. The van der Waals surface area contributed by atoms with Crippen LogP contribution in [0, 0.1) is 0 Å². The lowest BCUT2D eigenvalue weighted by molar-refractivity contribution is 0.589. The first-order valence-electron chi connectivity index (χ1n) is 4.27. The number of hydrogen-bond acceptors (Lipinski definition) is 3. The number of benzene rings is 1. The Morgan fingerprint density at radius 2 is 2.13 bits per heavy atom. The van der Waals surface area contributed by atoms with Crippen LogP contribution in [0.2, 0.25) is 0 Å². The van der Waals surface area contributed by atoms with Crippen LogP contribution >= 0.6 is 15.9 Å². The Morgan fingerprint density at radius 3 is 2.67 bits per heavy atom. The summed E-state index contributed by atoms with van der Waals surface area (Å²) in [5, 5.41) is 0. The molecule has 0 saturated heterocycles. The number of nitrogens with two attached hydrogens (primary N) is 1. The summed E-state index contributed by atoms with van der Waals surface area (Å²) in [6.45, 7) is 2.04. The van der Waals surface area contributed by atoms with E-state index in [2.05, 4.69) is 25.4 Å². The van der Waals surface area contributed by atoms with Crippen molar-refractivity contribution in [2.75, 3.05) is 17.0 Å². The van der Waals surface area contributed by atoms with Crippen molar-refractivity contribution < 1.29 is 8.42 Å². The first-order valence-corrected chi connectivity index (χ1v) is 6.54. The van der Waals surface area contributed by atoms with Crippen LogP contribution in [0.3, 0.4) is 0 Å². The van der Waals surface area contributed by atoms with E-state index in [0.717, 1.165) is 4.47 Å². The van der Waals surface area contributed by atoms with Gasteiger partial charge < -0.3 is 5.73 Å². The maximum Gasteiger partial charge on any atom is 0.299 e. The molecule has 0 heterocycles. The molecule has 0 amide bonds. The summed E-state index contributed by atoms with van der Waals surface area (Å²) in [5.74, 6) is 0. The van der Waals surface area contributed by atoms with E-state index in [1.165, 1.54) is 0 Å². The maximum absolute atomic E-state index is 11.3. The molecule has 1 rings (SSSR count). The van der Waals surface area contributed by atoms with Crippen LogP contribution in [0.15, 0.2) is 22.7 Å². The van der Waals surface area contributed by atoms with Gasteiger partial charge in [0.2, 0.25) is 0 Å². The van der Waals surface area contributed by atoms with E-state index in [9.17, 15) is 8.42 Å². The third-order valence-electron chi connectivity index (χ3n) is 1.58. The van der Waals surface area contributed by atoms with E-state index in [0.29, 0.717) is 17.9 Å². The van der Waals surface area contributed by atoms with E-state index < -0.39 is 10.2 Å². The van der Waals surface area contributed by atoms with Crippen LogP contribution in [-0.4, -0.2) is 15.0 Å². The number of nitrogens with one attached hydrogen (secondary N) is 2. The molecule has 1 aromatic rings. The second-order valence-corrected chi connectivity index (χ2v) is 5.19. The molecule has 5 nitrogen and oxygen atoms in total. The Hall–Kier alpha value is -0.790. The average Bonchev–Trinajstić information content (AvgIpc) is 2.10. The number of rotatable bonds is 4. The molecule has 0 bridgehead atoms. The minimum atomic E-state index is -3.49. The van der Waals surface area contributed by atoms with Gasteiger partial charge in [-0.05, 0) is 34.1 Å². The first kappa shape index (κ1) is 12.3. The van der Waals surface area contributed by atoms with E-state index in [1.54, 1.807) is 25.1 Å². The highest BCUT2D eigenvalue weighted by atomic mass is 79.9. The van der Waals surface area contributed by atoms with Gasteiger partial charge in [0.05, 0.1) is 5.69 Å². The van der Waals surface area contributed by atoms with Gasteiger partial charge in [0.25, 0.3) is 10.2 Å². The maximum atomic E-state index is 11.3. The number of hydrogen-bond donors (Lipinski definition) is 3. The minimum absolute atomic E-state index is 0.335. The van der Waals surface area contributed by atoms with Gasteiger partial charge in [0, 0.05) is 16.7 Å². The third kappa shape index (κ3) is 3.69. The Bertz CT molecular complexity index is 447. The number of halogens is 1. The van der Waals surface area contributed by atoms with Gasteiger partial charge in [-0.25, -0.2) is 0 Å². The molecule has 7 heteroatoms. The molecule has 15 heavy (non-hydrogen) atoms. The Labute approximate surface area is 97.4 Å². The molecule has 0 unspecified atom stereocenters. The summed E-state index contributed by atoms with van der Waals surface area (Å²) in [7, 11) is -3.49. The minimum Gasteiger partial charge on any atom is -0.398 e. The topological polar surface area (TPSA) is 84.2 Å². The molecule has 0 aromatic heterocycles. The molecular formula is C8H12BrN3O2S. The van der Waals surface area contributed by atoms with Gasteiger partial charge in [-0.1, -0.05) is 6.92 Å². The van der Waals surface area contributed by atoms with Crippen LogP contribution in [0.25, 0.3) is 0 Å². The quantitative estimate of drug-likeness (QED) is 0.732. The zero-order chi connectivity index (χ0) is 11.5. The molecule has 0 fully saturated rings. The van der Waals surface area contributed by atoms with E-state index in [1.807, 2.05) is 0 Å². The highest BCUT2D eigenvalue weighted by Gasteiger charge is 2.08. The van der Waals surface area contributed by atoms with Gasteiger partial charge in [0.15, 0.2) is 0 Å². The largest absolute Gasteiger partial charge is 0.398 e. The van der Waals surface area contributed by atoms with Crippen LogP contribution in [0.5, 0.6) is 0 Å². The van der Waals surface area contributed by atoms with E-state index in [-0.39, 0.29) is 0 Å². The van der Waals surface area contributed by atoms with Crippen molar-refractivity contribution >= 4 is 37.5 Å². The van der Waals surface area contributed by atoms with Crippen molar-refractivity contribution in [1.29, 1.82) is 0 Å². The van der Waals surface area contributed by atoms with E-state index >= 15 is 0 Å². The molecule has 0 atom stereocenters. The monoisotopic (exact) mass is 293 g/mol. The average molecular weight is 294 g/mol. The molecular weight excluding hydrogens is 282 g/mol. The zero-order valence-corrected chi connectivity index (χ0v) is 10.5. The fraction of sp³-hybridized carbons (Fsp3) is 0.250. The Kier molecular flexibility index (Phi) is 3.95. The Balaban J connectivity index is 2.86. The van der Waals surface area contributed by atoms with E-state index in [4.69, 9.17) is 5.73 Å². The molecule has 0 saturated carbocycles. The molecule has 0 radical (unpaired) electrons. The van der Waals surface area contributed by atoms with Crippen LogP contribution in [0.4, 0.5) is 11.4 Å². The molecule has 0 aliphatic carbocycles. The second-order valence-electron chi connectivity index (χ2n) is 2.84. The lowest BCUT2D eigenvalue weighted by atomic mass is 10.3. The first-order chi connectivity index (χ1) is 6.94. The predicted molar refractivity (Wildman–Crippen MR) is 64.8 cm³/mol. The second kappa shape index (κ2) is 4.82. The standard InChI is InChI=1S/C8H12BrN3O2S/c1-2-11-15(13,14)12-6-3-4-7(9)8(10)5-6/h3-5,11-12H,2,10H2,1H3. The van der Waals surface area contributed by atoms with Gasteiger partial charge in [-0.15, -0.1) is 0 Å².